The number of carbonyl (C=O) groups is 1. The minimum absolute atomic E-state index is 0.0716. The second-order valence-corrected chi connectivity index (χ2v) is 9.87. The number of hydrogen-bond donors (Lipinski definition) is 2. The molecule has 3 aliphatic heterocycles. The Hall–Kier alpha value is -3.27. The molecule has 3 aliphatic rings. The number of hydrogen-bond acceptors (Lipinski definition) is 7. The smallest absolute Gasteiger partial charge is 0.219 e. The summed E-state index contributed by atoms with van der Waals surface area (Å²) in [6.45, 7) is 7.20. The number of nitrogens with zero attached hydrogens (tertiary/aromatic N) is 4. The topological polar surface area (TPSA) is 80.6 Å². The van der Waals surface area contributed by atoms with Crippen LogP contribution in [0.2, 0.25) is 0 Å². The van der Waals surface area contributed by atoms with E-state index in [9.17, 15) is 14.4 Å². The molecule has 8 nitrogen and oxygen atoms in total. The minimum atomic E-state index is -0.454. The molecule has 0 saturated carbocycles. The molecule has 5 rings (SSSR count). The van der Waals surface area contributed by atoms with Crippen molar-refractivity contribution in [3.8, 4) is 0 Å². The summed E-state index contributed by atoms with van der Waals surface area (Å²) in [5.41, 5.74) is 3.52. The summed E-state index contributed by atoms with van der Waals surface area (Å²) in [7, 11) is 0. The molecule has 37 heavy (non-hydrogen) atoms. The van der Waals surface area contributed by atoms with Crippen LogP contribution in [0.25, 0.3) is 5.70 Å². The van der Waals surface area contributed by atoms with Crippen LogP contribution < -0.4 is 5.32 Å². The second kappa shape index (κ2) is 11.0. The molecule has 3 unspecified atom stereocenters. The van der Waals surface area contributed by atoms with E-state index in [1.165, 1.54) is 17.2 Å². The van der Waals surface area contributed by atoms with Gasteiger partial charge < -0.3 is 9.64 Å². The molecular formula is C28H34FN5O3. The number of rotatable bonds is 4. The molecule has 196 valence electrons. The van der Waals surface area contributed by atoms with E-state index >= 15 is 0 Å². The Morgan fingerprint density at radius 3 is 2.57 bits per heavy atom. The number of aliphatic imine (C=N–C) groups is 1. The maximum Gasteiger partial charge on any atom is 0.219 e. The van der Waals surface area contributed by atoms with Gasteiger partial charge in [-0.2, -0.15) is 0 Å². The standard InChI is InChI=1S/C28H34FN5O3/c1-19-5-3-4-6-23(19)26-16-27(33-13-11-32(12-14-33)20(2)35)37-28-24(17-30-18-31-28)25(34(26)36)15-21-7-9-22(29)10-8-21/h3-10,16,24-25,27,30,36H,11-15,17-18H2,1-2H3. The first kappa shape index (κ1) is 25.4. The van der Waals surface area contributed by atoms with Crippen LogP contribution in [0.4, 0.5) is 4.39 Å². The third-order valence-corrected chi connectivity index (χ3v) is 7.49. The molecule has 9 heteroatoms. The van der Waals surface area contributed by atoms with Crippen molar-refractivity contribution in [2.24, 2.45) is 10.9 Å². The second-order valence-electron chi connectivity index (χ2n) is 9.87. The molecular weight excluding hydrogens is 473 g/mol. The molecule has 3 atom stereocenters. The van der Waals surface area contributed by atoms with E-state index in [1.54, 1.807) is 19.1 Å². The molecule has 2 aromatic rings. The van der Waals surface area contributed by atoms with Crippen LogP contribution in [-0.2, 0) is 16.0 Å². The number of aryl methyl sites for hydroxylation is 1. The summed E-state index contributed by atoms with van der Waals surface area (Å²) in [5.74, 6) is 0.157. The molecule has 1 fully saturated rings. The summed E-state index contributed by atoms with van der Waals surface area (Å²) in [6, 6.07) is 14.0. The van der Waals surface area contributed by atoms with Gasteiger partial charge in [-0.25, -0.2) is 9.38 Å². The highest BCUT2D eigenvalue weighted by Gasteiger charge is 2.40. The highest BCUT2D eigenvalue weighted by atomic mass is 19.1. The zero-order valence-electron chi connectivity index (χ0n) is 21.3. The number of carbonyl (C=O) groups excluding carboxylic acids is 1. The SMILES string of the molecule is CC(=O)N1CCN(C2C=C(c3ccccc3C)N(O)C(Cc3ccc(F)cc3)C3CNCN=C3O2)CC1. The van der Waals surface area contributed by atoms with Crippen molar-refractivity contribution in [2.75, 3.05) is 39.4 Å². The molecule has 1 amide bonds. The number of ether oxygens (including phenoxy) is 1. The molecule has 0 bridgehead atoms. The Morgan fingerprint density at radius 1 is 1.14 bits per heavy atom. The third-order valence-electron chi connectivity index (χ3n) is 7.49. The van der Waals surface area contributed by atoms with E-state index in [1.807, 2.05) is 42.2 Å². The third kappa shape index (κ3) is 5.53. The van der Waals surface area contributed by atoms with Crippen LogP contribution >= 0.6 is 0 Å². The van der Waals surface area contributed by atoms with Gasteiger partial charge in [-0.15, -0.1) is 0 Å². The monoisotopic (exact) mass is 507 g/mol. The molecule has 0 aliphatic carbocycles. The molecule has 2 aromatic carbocycles. The quantitative estimate of drug-likeness (QED) is 0.663. The van der Waals surface area contributed by atoms with Crippen molar-refractivity contribution in [2.45, 2.75) is 32.5 Å². The van der Waals surface area contributed by atoms with Gasteiger partial charge in [-0.1, -0.05) is 36.4 Å². The van der Waals surface area contributed by atoms with E-state index in [0.717, 1.165) is 16.7 Å². The van der Waals surface area contributed by atoms with Gasteiger partial charge in [0.1, 0.15) is 5.82 Å². The van der Waals surface area contributed by atoms with Crippen molar-refractivity contribution >= 4 is 17.5 Å². The highest BCUT2D eigenvalue weighted by molar-refractivity contribution is 5.82. The van der Waals surface area contributed by atoms with Gasteiger partial charge >= 0.3 is 0 Å². The maximum atomic E-state index is 13.6. The van der Waals surface area contributed by atoms with Crippen LogP contribution in [0, 0.1) is 18.7 Å². The van der Waals surface area contributed by atoms with E-state index < -0.39 is 12.3 Å². The fraction of sp³-hybridized carbons (Fsp3) is 0.429. The maximum absolute atomic E-state index is 13.6. The van der Waals surface area contributed by atoms with E-state index in [-0.39, 0.29) is 17.6 Å². The lowest BCUT2D eigenvalue weighted by molar-refractivity contribution is -0.131. The Labute approximate surface area is 217 Å². The number of halogens is 1. The molecule has 0 radical (unpaired) electrons. The van der Waals surface area contributed by atoms with Gasteiger partial charge in [-0.3, -0.25) is 25.3 Å². The van der Waals surface area contributed by atoms with Crippen LogP contribution in [0.5, 0.6) is 0 Å². The summed E-state index contributed by atoms with van der Waals surface area (Å²) >= 11 is 0. The Bertz CT molecular complexity index is 1180. The summed E-state index contributed by atoms with van der Waals surface area (Å²) in [4.78, 5) is 20.6. The van der Waals surface area contributed by atoms with E-state index in [4.69, 9.17) is 4.74 Å². The van der Waals surface area contributed by atoms with Crippen LogP contribution in [0.3, 0.4) is 0 Å². The van der Waals surface area contributed by atoms with Gasteiger partial charge in [0.05, 0.1) is 24.3 Å². The molecule has 0 spiro atoms. The number of nitrogens with one attached hydrogen (secondary N) is 1. The van der Waals surface area contributed by atoms with Crippen LogP contribution in [-0.4, -0.2) is 83.5 Å². The summed E-state index contributed by atoms with van der Waals surface area (Å²) < 4.78 is 20.2. The lowest BCUT2D eigenvalue weighted by Crippen LogP contribution is -2.56. The first-order valence-corrected chi connectivity index (χ1v) is 12.8. The zero-order valence-corrected chi connectivity index (χ0v) is 21.3. The van der Waals surface area contributed by atoms with E-state index in [2.05, 4.69) is 15.2 Å². The van der Waals surface area contributed by atoms with Crippen molar-refractivity contribution in [3.63, 3.8) is 0 Å². The number of benzene rings is 2. The van der Waals surface area contributed by atoms with Gasteiger partial charge in [0.2, 0.25) is 5.91 Å². The molecule has 2 N–H and O–H groups in total. The predicted molar refractivity (Wildman–Crippen MR) is 139 cm³/mol. The van der Waals surface area contributed by atoms with Crippen molar-refractivity contribution in [3.05, 3.63) is 77.1 Å². The molecule has 3 heterocycles. The summed E-state index contributed by atoms with van der Waals surface area (Å²) in [5, 5.41) is 16.6. The zero-order chi connectivity index (χ0) is 25.9. The van der Waals surface area contributed by atoms with Gasteiger partial charge in [0.25, 0.3) is 0 Å². The first-order valence-electron chi connectivity index (χ1n) is 12.8. The average molecular weight is 508 g/mol. The summed E-state index contributed by atoms with van der Waals surface area (Å²) in [6.07, 6.45) is 1.99. The fourth-order valence-electron chi connectivity index (χ4n) is 5.34. The molecule has 0 aromatic heterocycles. The average Bonchev–Trinajstić information content (AvgIpc) is 2.90. The van der Waals surface area contributed by atoms with Crippen LogP contribution in [0.1, 0.15) is 23.6 Å². The van der Waals surface area contributed by atoms with Crippen molar-refractivity contribution < 1.29 is 19.1 Å². The largest absolute Gasteiger partial charge is 0.458 e. The number of fused-ring (bicyclic) bond motifs is 1. The number of amides is 1. The first-order chi connectivity index (χ1) is 17.9. The van der Waals surface area contributed by atoms with Gasteiger partial charge in [-0.05, 0) is 42.7 Å². The van der Waals surface area contributed by atoms with Crippen LogP contribution in [0.15, 0.2) is 59.6 Å². The van der Waals surface area contributed by atoms with Gasteiger partial charge in [0, 0.05) is 45.2 Å². The fourth-order valence-corrected chi connectivity index (χ4v) is 5.34. The Balaban J connectivity index is 1.55. The van der Waals surface area contributed by atoms with Crippen molar-refractivity contribution in [1.82, 2.24) is 20.2 Å². The van der Waals surface area contributed by atoms with Crippen molar-refractivity contribution in [1.29, 1.82) is 0 Å². The lowest BCUT2D eigenvalue weighted by atomic mass is 9.90. The lowest BCUT2D eigenvalue weighted by Gasteiger charge is -2.44. The number of hydroxylamine groups is 2. The highest BCUT2D eigenvalue weighted by Crippen LogP contribution is 2.33. The normalized spacial score (nSPS) is 24.8. The van der Waals surface area contributed by atoms with E-state index in [0.29, 0.717) is 57.4 Å². The molecule has 1 saturated heterocycles. The Kier molecular flexibility index (Phi) is 7.55. The predicted octanol–water partition coefficient (Wildman–Crippen LogP) is 2.87. The van der Waals surface area contributed by atoms with Gasteiger partial charge in [0.15, 0.2) is 12.1 Å². The minimum Gasteiger partial charge on any atom is -0.458 e. The number of piperazine rings is 1. The Morgan fingerprint density at radius 2 is 1.86 bits per heavy atom.